The molecule has 0 aliphatic carbocycles. The highest BCUT2D eigenvalue weighted by Crippen LogP contribution is 2.36. The van der Waals surface area contributed by atoms with Crippen LogP contribution >= 0.6 is 11.6 Å². The van der Waals surface area contributed by atoms with E-state index in [4.69, 9.17) is 21.1 Å². The van der Waals surface area contributed by atoms with Gasteiger partial charge in [0.05, 0.1) is 0 Å². The van der Waals surface area contributed by atoms with Crippen LogP contribution in [0.1, 0.15) is 19.4 Å². The Kier molecular flexibility index (Phi) is 3.66. The van der Waals surface area contributed by atoms with Crippen LogP contribution in [0.5, 0.6) is 11.5 Å². The molecule has 0 fully saturated rings. The van der Waals surface area contributed by atoms with Gasteiger partial charge < -0.3 is 14.8 Å². The maximum atomic E-state index is 11.2. The van der Waals surface area contributed by atoms with Crippen LogP contribution in [-0.4, -0.2) is 25.1 Å². The average Bonchev–Trinajstić information content (AvgIpc) is 2.83. The van der Waals surface area contributed by atoms with Crippen LogP contribution < -0.4 is 14.8 Å². The zero-order chi connectivity index (χ0) is 13.2. The Bertz CT molecular complexity index is 460. The Hall–Kier alpha value is -1.42. The van der Waals surface area contributed by atoms with E-state index in [-0.39, 0.29) is 24.0 Å². The van der Waals surface area contributed by atoms with Crippen molar-refractivity contribution in [3.63, 3.8) is 0 Å². The Labute approximate surface area is 111 Å². The molecule has 1 aromatic rings. The van der Waals surface area contributed by atoms with Gasteiger partial charge in [0.2, 0.25) is 12.7 Å². The van der Waals surface area contributed by atoms with E-state index in [9.17, 15) is 4.79 Å². The quantitative estimate of drug-likeness (QED) is 0.851. The summed E-state index contributed by atoms with van der Waals surface area (Å²) >= 11 is 5.46. The smallest absolute Gasteiger partial charge is 0.234 e. The van der Waals surface area contributed by atoms with Crippen LogP contribution in [0, 0.1) is 0 Å². The highest BCUT2D eigenvalue weighted by Gasteiger charge is 2.24. The summed E-state index contributed by atoms with van der Waals surface area (Å²) in [6.07, 6.45) is 0. The Morgan fingerprint density at radius 3 is 2.83 bits per heavy atom. The number of benzene rings is 1. The van der Waals surface area contributed by atoms with Crippen LogP contribution in [0.3, 0.4) is 0 Å². The molecule has 4 nitrogen and oxygen atoms in total. The summed E-state index contributed by atoms with van der Waals surface area (Å²) in [7, 11) is 0. The molecule has 1 aliphatic heterocycles. The minimum absolute atomic E-state index is 0.0166. The molecule has 0 aromatic heterocycles. The molecule has 1 heterocycles. The molecule has 1 amide bonds. The number of nitrogens with one attached hydrogen (secondary N) is 1. The molecule has 0 unspecified atom stereocenters. The fourth-order valence-corrected chi connectivity index (χ4v) is 1.88. The van der Waals surface area contributed by atoms with Crippen molar-refractivity contribution < 1.29 is 14.3 Å². The maximum Gasteiger partial charge on any atom is 0.234 e. The normalized spacial score (nSPS) is 13.5. The van der Waals surface area contributed by atoms with Gasteiger partial charge in [-0.2, -0.15) is 0 Å². The van der Waals surface area contributed by atoms with E-state index in [1.54, 1.807) is 0 Å². The fraction of sp³-hybridized carbons (Fsp3) is 0.462. The van der Waals surface area contributed by atoms with Crippen LogP contribution in [0.4, 0.5) is 0 Å². The summed E-state index contributed by atoms with van der Waals surface area (Å²) < 4.78 is 10.6. The van der Waals surface area contributed by atoms with Gasteiger partial charge in [-0.15, -0.1) is 11.6 Å². The third-order valence-electron chi connectivity index (χ3n) is 3.00. The fourth-order valence-electron chi connectivity index (χ4n) is 1.79. The van der Waals surface area contributed by atoms with E-state index in [0.29, 0.717) is 6.54 Å². The minimum Gasteiger partial charge on any atom is -0.454 e. The topological polar surface area (TPSA) is 47.6 Å². The summed E-state index contributed by atoms with van der Waals surface area (Å²) in [5, 5.41) is 2.80. The summed E-state index contributed by atoms with van der Waals surface area (Å²) in [6.45, 7) is 4.90. The number of alkyl halides is 1. The molecule has 0 spiro atoms. The van der Waals surface area contributed by atoms with Gasteiger partial charge in [-0.05, 0) is 17.7 Å². The van der Waals surface area contributed by atoms with Crippen molar-refractivity contribution in [1.29, 1.82) is 0 Å². The zero-order valence-electron chi connectivity index (χ0n) is 10.5. The van der Waals surface area contributed by atoms with E-state index in [0.717, 1.165) is 17.1 Å². The molecule has 1 aliphatic rings. The van der Waals surface area contributed by atoms with Crippen molar-refractivity contribution >= 4 is 17.5 Å². The molecule has 0 radical (unpaired) electrons. The molecule has 98 valence electrons. The lowest BCUT2D eigenvalue weighted by molar-refractivity contribution is -0.118. The molecule has 5 heteroatoms. The first-order valence-corrected chi connectivity index (χ1v) is 6.29. The summed E-state index contributed by atoms with van der Waals surface area (Å²) in [5.74, 6) is 1.34. The first-order chi connectivity index (χ1) is 8.53. The van der Waals surface area contributed by atoms with E-state index in [1.807, 2.05) is 18.2 Å². The second kappa shape index (κ2) is 5.06. The maximum absolute atomic E-state index is 11.2. The van der Waals surface area contributed by atoms with Gasteiger partial charge in [0.25, 0.3) is 0 Å². The number of carbonyl (C=O) groups is 1. The number of hydrogen-bond acceptors (Lipinski definition) is 3. The Balaban J connectivity index is 2.11. The highest BCUT2D eigenvalue weighted by atomic mass is 35.5. The van der Waals surface area contributed by atoms with Crippen LogP contribution in [-0.2, 0) is 10.2 Å². The number of hydrogen-bond donors (Lipinski definition) is 1. The minimum atomic E-state index is -0.192. The molecule has 0 atom stereocenters. The van der Waals surface area contributed by atoms with Gasteiger partial charge in [-0.3, -0.25) is 4.79 Å². The first-order valence-electron chi connectivity index (χ1n) is 5.76. The molecule has 0 bridgehead atoms. The number of ether oxygens (including phenoxy) is 2. The van der Waals surface area contributed by atoms with Gasteiger partial charge in [0.15, 0.2) is 11.5 Å². The SMILES string of the molecule is CC(C)(CNC(=O)CCl)c1ccc2c(c1)OCO2. The monoisotopic (exact) mass is 269 g/mol. The zero-order valence-corrected chi connectivity index (χ0v) is 11.2. The van der Waals surface area contributed by atoms with Crippen molar-refractivity contribution in [3.05, 3.63) is 23.8 Å². The van der Waals surface area contributed by atoms with E-state index >= 15 is 0 Å². The van der Waals surface area contributed by atoms with Crippen molar-refractivity contribution in [3.8, 4) is 11.5 Å². The standard InChI is InChI=1S/C13H16ClNO3/c1-13(2,7-15-12(16)6-14)9-3-4-10-11(5-9)18-8-17-10/h3-5H,6-8H2,1-2H3,(H,15,16). The van der Waals surface area contributed by atoms with Crippen LogP contribution in [0.15, 0.2) is 18.2 Å². The second-order valence-corrected chi connectivity index (χ2v) is 5.13. The van der Waals surface area contributed by atoms with Crippen molar-refractivity contribution in [2.75, 3.05) is 19.2 Å². The number of halogens is 1. The third kappa shape index (κ3) is 2.70. The lowest BCUT2D eigenvalue weighted by Gasteiger charge is -2.25. The second-order valence-electron chi connectivity index (χ2n) is 4.86. The highest BCUT2D eigenvalue weighted by molar-refractivity contribution is 6.27. The number of rotatable bonds is 4. The first kappa shape index (κ1) is 13.0. The number of fused-ring (bicyclic) bond motifs is 1. The average molecular weight is 270 g/mol. The van der Waals surface area contributed by atoms with Crippen LogP contribution in [0.2, 0.25) is 0 Å². The molecule has 1 aromatic carbocycles. The number of carbonyl (C=O) groups excluding carboxylic acids is 1. The third-order valence-corrected chi connectivity index (χ3v) is 3.25. The molecule has 18 heavy (non-hydrogen) atoms. The van der Waals surface area contributed by atoms with Crippen molar-refractivity contribution in [2.45, 2.75) is 19.3 Å². The molecule has 1 N–H and O–H groups in total. The molecular weight excluding hydrogens is 254 g/mol. The predicted molar refractivity (Wildman–Crippen MR) is 69.3 cm³/mol. The van der Waals surface area contributed by atoms with Gasteiger partial charge in [-0.25, -0.2) is 0 Å². The molecule has 0 saturated heterocycles. The van der Waals surface area contributed by atoms with Gasteiger partial charge in [0.1, 0.15) is 5.88 Å². The lowest BCUT2D eigenvalue weighted by atomic mass is 9.84. The summed E-state index contributed by atoms with van der Waals surface area (Å²) in [4.78, 5) is 11.2. The van der Waals surface area contributed by atoms with Gasteiger partial charge in [-0.1, -0.05) is 19.9 Å². The van der Waals surface area contributed by atoms with Crippen LogP contribution in [0.25, 0.3) is 0 Å². The number of amides is 1. The molecule has 0 saturated carbocycles. The largest absolute Gasteiger partial charge is 0.454 e. The van der Waals surface area contributed by atoms with E-state index < -0.39 is 0 Å². The molecular formula is C13H16ClNO3. The van der Waals surface area contributed by atoms with Crippen molar-refractivity contribution in [2.24, 2.45) is 0 Å². The summed E-state index contributed by atoms with van der Waals surface area (Å²) in [6, 6.07) is 5.83. The Morgan fingerprint density at radius 1 is 1.39 bits per heavy atom. The van der Waals surface area contributed by atoms with Crippen molar-refractivity contribution in [1.82, 2.24) is 5.32 Å². The molecule has 2 rings (SSSR count). The lowest BCUT2D eigenvalue weighted by Crippen LogP contribution is -2.37. The van der Waals surface area contributed by atoms with E-state index in [2.05, 4.69) is 19.2 Å². The van der Waals surface area contributed by atoms with Gasteiger partial charge in [0, 0.05) is 12.0 Å². The summed E-state index contributed by atoms with van der Waals surface area (Å²) in [5.41, 5.74) is 0.893. The van der Waals surface area contributed by atoms with E-state index in [1.165, 1.54) is 0 Å². The predicted octanol–water partition coefficient (Wildman–Crippen LogP) is 2.05. The van der Waals surface area contributed by atoms with Gasteiger partial charge >= 0.3 is 0 Å². The Morgan fingerprint density at radius 2 is 2.11 bits per heavy atom.